The summed E-state index contributed by atoms with van der Waals surface area (Å²) in [6.07, 6.45) is -0.242. The Morgan fingerprint density at radius 2 is 2.20 bits per heavy atom. The van der Waals surface area contributed by atoms with Gasteiger partial charge in [-0.15, -0.1) is 0 Å². The zero-order chi connectivity index (χ0) is 10.7. The summed E-state index contributed by atoms with van der Waals surface area (Å²) >= 11 is 0. The van der Waals surface area contributed by atoms with Crippen molar-refractivity contribution >= 4 is 11.9 Å². The van der Waals surface area contributed by atoms with Crippen molar-refractivity contribution in [2.75, 3.05) is 6.54 Å². The van der Waals surface area contributed by atoms with Gasteiger partial charge in [-0.3, -0.25) is 4.99 Å². The largest absolute Gasteiger partial charge is 0.478 e. The predicted molar refractivity (Wildman–Crippen MR) is 55.0 cm³/mol. The molecule has 0 aromatic heterocycles. The fourth-order valence-corrected chi connectivity index (χ4v) is 1.42. The van der Waals surface area contributed by atoms with E-state index in [2.05, 4.69) is 4.99 Å². The monoisotopic (exact) mass is 205 g/mol. The van der Waals surface area contributed by atoms with Gasteiger partial charge in [-0.25, -0.2) is 4.79 Å². The van der Waals surface area contributed by atoms with Gasteiger partial charge in [0.1, 0.15) is 0 Å². The minimum atomic E-state index is -0.957. The molecule has 1 heterocycles. The van der Waals surface area contributed by atoms with Crippen molar-refractivity contribution in [3.05, 3.63) is 35.9 Å². The van der Waals surface area contributed by atoms with E-state index in [0.29, 0.717) is 12.3 Å². The fourth-order valence-electron chi connectivity index (χ4n) is 1.42. The SMILES string of the molecule is O=C(O)C1CN=C(Cc2ccccc2)O1. The summed E-state index contributed by atoms with van der Waals surface area (Å²) < 4.78 is 5.18. The van der Waals surface area contributed by atoms with Crippen molar-refractivity contribution in [3.8, 4) is 0 Å². The van der Waals surface area contributed by atoms with Crippen LogP contribution in [0.2, 0.25) is 0 Å². The Labute approximate surface area is 87.2 Å². The Bertz CT molecular complexity index is 386. The number of benzene rings is 1. The zero-order valence-electron chi connectivity index (χ0n) is 8.09. The molecule has 1 unspecified atom stereocenters. The van der Waals surface area contributed by atoms with E-state index in [1.54, 1.807) is 0 Å². The third-order valence-corrected chi connectivity index (χ3v) is 2.19. The predicted octanol–water partition coefficient (Wildman–Crippen LogP) is 1.11. The van der Waals surface area contributed by atoms with Gasteiger partial charge >= 0.3 is 5.97 Å². The molecule has 1 N–H and O–H groups in total. The lowest BCUT2D eigenvalue weighted by atomic mass is 10.1. The molecule has 4 nitrogen and oxygen atoms in total. The van der Waals surface area contributed by atoms with Crippen molar-refractivity contribution < 1.29 is 14.6 Å². The first-order chi connectivity index (χ1) is 7.25. The van der Waals surface area contributed by atoms with E-state index in [1.807, 2.05) is 30.3 Å². The molecule has 1 aliphatic heterocycles. The number of ether oxygens (including phenoxy) is 1. The van der Waals surface area contributed by atoms with Gasteiger partial charge in [0, 0.05) is 6.42 Å². The minimum absolute atomic E-state index is 0.220. The highest BCUT2D eigenvalue weighted by Crippen LogP contribution is 2.10. The van der Waals surface area contributed by atoms with Crippen LogP contribution in [0, 0.1) is 0 Å². The maximum absolute atomic E-state index is 10.6. The summed E-state index contributed by atoms with van der Waals surface area (Å²) in [5.74, 6) is -0.449. The molecular formula is C11H11NO3. The van der Waals surface area contributed by atoms with Crippen molar-refractivity contribution in [2.45, 2.75) is 12.5 Å². The Morgan fingerprint density at radius 1 is 1.47 bits per heavy atom. The highest BCUT2D eigenvalue weighted by molar-refractivity contribution is 5.85. The van der Waals surface area contributed by atoms with E-state index in [9.17, 15) is 4.79 Å². The van der Waals surface area contributed by atoms with E-state index in [-0.39, 0.29) is 6.54 Å². The summed E-state index contributed by atoms with van der Waals surface area (Å²) in [5.41, 5.74) is 1.07. The fraction of sp³-hybridized carbons (Fsp3) is 0.273. The van der Waals surface area contributed by atoms with Crippen LogP contribution in [0.1, 0.15) is 5.56 Å². The molecule has 4 heteroatoms. The van der Waals surface area contributed by atoms with Crippen LogP contribution in [0.5, 0.6) is 0 Å². The Kier molecular flexibility index (Phi) is 2.67. The van der Waals surface area contributed by atoms with Crippen LogP contribution < -0.4 is 0 Å². The van der Waals surface area contributed by atoms with Crippen molar-refractivity contribution in [1.82, 2.24) is 0 Å². The summed E-state index contributed by atoms with van der Waals surface area (Å²) in [7, 11) is 0. The number of carboxylic acid groups (broad SMARTS) is 1. The van der Waals surface area contributed by atoms with Crippen LogP contribution in [-0.4, -0.2) is 29.6 Å². The number of rotatable bonds is 3. The first-order valence-electron chi connectivity index (χ1n) is 4.72. The lowest BCUT2D eigenvalue weighted by Crippen LogP contribution is -2.24. The number of carbonyl (C=O) groups is 1. The Hall–Kier alpha value is -1.84. The van der Waals surface area contributed by atoms with E-state index in [4.69, 9.17) is 9.84 Å². The highest BCUT2D eigenvalue weighted by atomic mass is 16.5. The summed E-state index contributed by atoms with van der Waals surface area (Å²) in [5, 5.41) is 8.70. The number of hydrogen-bond donors (Lipinski definition) is 1. The molecular weight excluding hydrogens is 194 g/mol. The lowest BCUT2D eigenvalue weighted by molar-refractivity contribution is -0.144. The number of hydrogen-bond acceptors (Lipinski definition) is 3. The molecule has 0 saturated carbocycles. The van der Waals surface area contributed by atoms with E-state index in [1.165, 1.54) is 0 Å². The summed E-state index contributed by atoms with van der Waals surface area (Å²) in [6.45, 7) is 0.220. The molecule has 1 aromatic rings. The second-order valence-corrected chi connectivity index (χ2v) is 3.34. The number of carboxylic acids is 1. The molecule has 0 fully saturated rings. The van der Waals surface area contributed by atoms with Crippen LogP contribution >= 0.6 is 0 Å². The molecule has 0 aliphatic carbocycles. The van der Waals surface area contributed by atoms with E-state index < -0.39 is 12.1 Å². The molecule has 2 rings (SSSR count). The molecule has 0 saturated heterocycles. The van der Waals surface area contributed by atoms with Gasteiger partial charge in [0.25, 0.3) is 0 Å². The molecule has 0 amide bonds. The smallest absolute Gasteiger partial charge is 0.346 e. The first kappa shape index (κ1) is 9.71. The van der Waals surface area contributed by atoms with E-state index in [0.717, 1.165) is 5.56 Å². The first-order valence-corrected chi connectivity index (χ1v) is 4.72. The molecule has 1 aliphatic rings. The molecule has 0 bridgehead atoms. The van der Waals surface area contributed by atoms with Crippen molar-refractivity contribution in [2.24, 2.45) is 4.99 Å². The zero-order valence-corrected chi connectivity index (χ0v) is 8.09. The molecule has 15 heavy (non-hydrogen) atoms. The average molecular weight is 205 g/mol. The van der Waals surface area contributed by atoms with Crippen LogP contribution in [0.4, 0.5) is 0 Å². The van der Waals surface area contributed by atoms with Gasteiger partial charge in [-0.1, -0.05) is 30.3 Å². The second kappa shape index (κ2) is 4.13. The topological polar surface area (TPSA) is 58.9 Å². The average Bonchev–Trinajstić information content (AvgIpc) is 2.68. The number of aliphatic imine (C=N–C) groups is 1. The minimum Gasteiger partial charge on any atom is -0.478 e. The highest BCUT2D eigenvalue weighted by Gasteiger charge is 2.25. The van der Waals surface area contributed by atoms with E-state index >= 15 is 0 Å². The lowest BCUT2D eigenvalue weighted by Gasteiger charge is -2.06. The third-order valence-electron chi connectivity index (χ3n) is 2.19. The Morgan fingerprint density at radius 3 is 2.80 bits per heavy atom. The summed E-state index contributed by atoms with van der Waals surface area (Å²) in [4.78, 5) is 14.6. The maximum atomic E-state index is 10.6. The van der Waals surface area contributed by atoms with Crippen LogP contribution in [0.3, 0.4) is 0 Å². The third kappa shape index (κ3) is 2.34. The second-order valence-electron chi connectivity index (χ2n) is 3.34. The van der Waals surface area contributed by atoms with Crippen LogP contribution in [0.15, 0.2) is 35.3 Å². The van der Waals surface area contributed by atoms with Crippen molar-refractivity contribution in [3.63, 3.8) is 0 Å². The molecule has 1 aromatic carbocycles. The Balaban J connectivity index is 1.96. The summed E-state index contributed by atoms with van der Waals surface area (Å²) in [6, 6.07) is 9.71. The van der Waals surface area contributed by atoms with Gasteiger partial charge in [0.2, 0.25) is 6.10 Å². The van der Waals surface area contributed by atoms with Gasteiger partial charge in [-0.2, -0.15) is 0 Å². The van der Waals surface area contributed by atoms with Gasteiger partial charge in [-0.05, 0) is 5.56 Å². The van der Waals surface area contributed by atoms with Crippen molar-refractivity contribution in [1.29, 1.82) is 0 Å². The normalized spacial score (nSPS) is 19.5. The van der Waals surface area contributed by atoms with Gasteiger partial charge < -0.3 is 9.84 Å². The number of aliphatic carboxylic acids is 1. The molecule has 78 valence electrons. The molecule has 0 radical (unpaired) electrons. The van der Waals surface area contributed by atoms with Crippen LogP contribution in [-0.2, 0) is 16.0 Å². The van der Waals surface area contributed by atoms with Gasteiger partial charge in [0.15, 0.2) is 5.90 Å². The maximum Gasteiger partial charge on any atom is 0.346 e. The quantitative estimate of drug-likeness (QED) is 0.804. The van der Waals surface area contributed by atoms with Crippen LogP contribution in [0.25, 0.3) is 0 Å². The number of nitrogens with zero attached hydrogens (tertiary/aromatic N) is 1. The standard InChI is InChI=1S/C11H11NO3/c13-11(14)9-7-12-10(15-9)6-8-4-2-1-3-5-8/h1-5,9H,6-7H2,(H,13,14). The molecule has 0 spiro atoms. The van der Waals surface area contributed by atoms with Gasteiger partial charge in [0.05, 0.1) is 6.54 Å². The molecule has 1 atom stereocenters.